The van der Waals surface area contributed by atoms with Crippen LogP contribution >= 0.6 is 34.8 Å². The number of amides is 1. The molecule has 10 heteroatoms. The third-order valence-electron chi connectivity index (χ3n) is 4.46. The van der Waals surface area contributed by atoms with Gasteiger partial charge in [0.1, 0.15) is 5.75 Å². The molecule has 0 atom stereocenters. The van der Waals surface area contributed by atoms with Crippen LogP contribution in [-0.4, -0.2) is 43.9 Å². The summed E-state index contributed by atoms with van der Waals surface area (Å²) in [6.45, 7) is 1.12. The van der Waals surface area contributed by atoms with Crippen molar-refractivity contribution in [3.05, 3.63) is 51.6 Å². The molecule has 0 bridgehead atoms. The summed E-state index contributed by atoms with van der Waals surface area (Å²) in [6, 6.07) is 11.4. The van der Waals surface area contributed by atoms with Gasteiger partial charge < -0.3 is 10.1 Å². The van der Waals surface area contributed by atoms with Crippen LogP contribution in [0.4, 0.5) is 5.69 Å². The van der Waals surface area contributed by atoms with Gasteiger partial charge in [-0.2, -0.15) is 4.31 Å². The molecular formula is C19H20IN3O4S2. The first-order valence-electron chi connectivity index (χ1n) is 8.87. The molecule has 0 radical (unpaired) electrons. The van der Waals surface area contributed by atoms with Gasteiger partial charge in [-0.25, -0.2) is 8.42 Å². The maximum absolute atomic E-state index is 12.6. The van der Waals surface area contributed by atoms with Crippen molar-refractivity contribution in [3.63, 3.8) is 0 Å². The summed E-state index contributed by atoms with van der Waals surface area (Å²) in [7, 11) is -1.89. The van der Waals surface area contributed by atoms with Crippen LogP contribution in [0.3, 0.4) is 0 Å². The highest BCUT2D eigenvalue weighted by atomic mass is 127. The van der Waals surface area contributed by atoms with Gasteiger partial charge in [-0.05, 0) is 90.1 Å². The van der Waals surface area contributed by atoms with Crippen LogP contribution in [0.15, 0.2) is 47.4 Å². The van der Waals surface area contributed by atoms with Crippen LogP contribution in [0.1, 0.15) is 23.2 Å². The molecular weight excluding hydrogens is 525 g/mol. The monoisotopic (exact) mass is 545 g/mol. The molecule has 0 saturated carbocycles. The Morgan fingerprint density at radius 1 is 1.14 bits per heavy atom. The van der Waals surface area contributed by atoms with E-state index in [1.54, 1.807) is 37.4 Å². The molecule has 1 saturated heterocycles. The average molecular weight is 545 g/mol. The molecule has 3 rings (SSSR count). The Kier molecular flexibility index (Phi) is 7.09. The Balaban J connectivity index is 1.62. The Morgan fingerprint density at radius 2 is 1.79 bits per heavy atom. The number of anilines is 1. The van der Waals surface area contributed by atoms with E-state index in [9.17, 15) is 13.2 Å². The number of nitrogens with zero attached hydrogens (tertiary/aromatic N) is 1. The van der Waals surface area contributed by atoms with Crippen molar-refractivity contribution in [2.24, 2.45) is 0 Å². The van der Waals surface area contributed by atoms with E-state index in [2.05, 4.69) is 33.2 Å². The number of halogens is 1. The fourth-order valence-electron chi connectivity index (χ4n) is 2.93. The van der Waals surface area contributed by atoms with E-state index in [0.717, 1.165) is 16.4 Å². The highest BCUT2D eigenvalue weighted by Crippen LogP contribution is 2.23. The molecule has 2 aromatic rings. The predicted octanol–water partition coefficient (Wildman–Crippen LogP) is 3.21. The molecule has 1 aliphatic heterocycles. The van der Waals surface area contributed by atoms with Crippen molar-refractivity contribution < 1.29 is 17.9 Å². The number of hydrogen-bond acceptors (Lipinski definition) is 5. The van der Waals surface area contributed by atoms with E-state index in [-0.39, 0.29) is 15.9 Å². The third kappa shape index (κ3) is 5.24. The van der Waals surface area contributed by atoms with Gasteiger partial charge in [0.05, 0.1) is 15.6 Å². The number of nitrogens with one attached hydrogen (secondary N) is 2. The first-order valence-corrected chi connectivity index (χ1v) is 11.8. The topological polar surface area (TPSA) is 87.7 Å². The number of rotatable bonds is 5. The second-order valence-electron chi connectivity index (χ2n) is 6.39. The maximum atomic E-state index is 12.6. The maximum Gasteiger partial charge on any atom is 0.257 e. The molecule has 0 spiro atoms. The first kappa shape index (κ1) is 21.9. The summed E-state index contributed by atoms with van der Waals surface area (Å²) in [6.07, 6.45) is 1.78. The summed E-state index contributed by atoms with van der Waals surface area (Å²) in [5, 5.41) is 5.62. The van der Waals surface area contributed by atoms with Gasteiger partial charge >= 0.3 is 0 Å². The van der Waals surface area contributed by atoms with Crippen LogP contribution in [0.2, 0.25) is 0 Å². The van der Waals surface area contributed by atoms with Gasteiger partial charge in [0.2, 0.25) is 10.0 Å². The molecule has 1 amide bonds. The number of methoxy groups -OCH3 is 1. The van der Waals surface area contributed by atoms with Crippen molar-refractivity contribution >= 4 is 61.5 Å². The quantitative estimate of drug-likeness (QED) is 0.444. The van der Waals surface area contributed by atoms with Crippen LogP contribution in [-0.2, 0) is 10.0 Å². The largest absolute Gasteiger partial charge is 0.496 e. The minimum absolute atomic E-state index is 0.121. The van der Waals surface area contributed by atoms with Crippen molar-refractivity contribution in [2.75, 3.05) is 25.5 Å². The fraction of sp³-hybridized carbons (Fsp3) is 0.263. The Hall–Kier alpha value is -1.76. The Bertz CT molecular complexity index is 1020. The minimum atomic E-state index is -3.46. The zero-order valence-electron chi connectivity index (χ0n) is 15.6. The normalized spacial score (nSPS) is 14.4. The second kappa shape index (κ2) is 9.37. The summed E-state index contributed by atoms with van der Waals surface area (Å²) in [5.41, 5.74) is 1.03. The number of carbonyl (C=O) groups is 1. The molecule has 29 heavy (non-hydrogen) atoms. The number of benzene rings is 2. The molecule has 2 N–H and O–H groups in total. The van der Waals surface area contributed by atoms with Crippen molar-refractivity contribution in [1.29, 1.82) is 0 Å². The van der Waals surface area contributed by atoms with Crippen molar-refractivity contribution in [1.82, 2.24) is 9.62 Å². The Labute approximate surface area is 189 Å². The molecule has 7 nitrogen and oxygen atoms in total. The first-order chi connectivity index (χ1) is 13.8. The molecule has 1 fully saturated rings. The molecule has 0 aromatic heterocycles. The van der Waals surface area contributed by atoms with Gasteiger partial charge in [-0.1, -0.05) is 0 Å². The minimum Gasteiger partial charge on any atom is -0.496 e. The molecule has 154 valence electrons. The summed E-state index contributed by atoms with van der Waals surface area (Å²) < 4.78 is 32.6. The highest BCUT2D eigenvalue weighted by Gasteiger charge is 2.26. The number of carbonyl (C=O) groups excluding carboxylic acids is 1. The van der Waals surface area contributed by atoms with Gasteiger partial charge in [0.15, 0.2) is 5.11 Å². The van der Waals surface area contributed by atoms with Crippen LogP contribution in [0, 0.1) is 3.57 Å². The molecule has 0 unspecified atom stereocenters. The zero-order chi connectivity index (χ0) is 21.0. The predicted molar refractivity (Wildman–Crippen MR) is 124 cm³/mol. The second-order valence-corrected chi connectivity index (χ2v) is 9.90. The molecule has 1 heterocycles. The number of hydrogen-bond donors (Lipinski definition) is 2. The number of sulfonamides is 1. The van der Waals surface area contributed by atoms with E-state index in [1.165, 1.54) is 16.4 Å². The average Bonchev–Trinajstić information content (AvgIpc) is 3.24. The smallest absolute Gasteiger partial charge is 0.257 e. The lowest BCUT2D eigenvalue weighted by atomic mass is 10.2. The van der Waals surface area contributed by atoms with Crippen LogP contribution in [0.5, 0.6) is 5.75 Å². The molecule has 0 aliphatic carbocycles. The standard InChI is InChI=1S/C19H20IN3O4S2/c1-27-17-9-4-13(12-16(17)20)18(24)22-19(28)21-14-5-7-15(8-6-14)29(25,26)23-10-2-3-11-23/h4-9,12H,2-3,10-11H2,1H3,(H2,21,22,24,28). The zero-order valence-corrected chi connectivity index (χ0v) is 19.4. The molecule has 2 aromatic carbocycles. The van der Waals surface area contributed by atoms with Crippen molar-refractivity contribution in [3.8, 4) is 5.75 Å². The Morgan fingerprint density at radius 3 is 2.38 bits per heavy atom. The summed E-state index contributed by atoms with van der Waals surface area (Å²) >= 11 is 7.28. The lowest BCUT2D eigenvalue weighted by Crippen LogP contribution is -2.34. The lowest BCUT2D eigenvalue weighted by Gasteiger charge is -2.16. The van der Waals surface area contributed by atoms with E-state index in [4.69, 9.17) is 17.0 Å². The SMILES string of the molecule is COc1ccc(C(=O)NC(=S)Nc2ccc(S(=O)(=O)N3CCCC3)cc2)cc1I. The van der Waals surface area contributed by atoms with E-state index in [0.29, 0.717) is 30.1 Å². The summed E-state index contributed by atoms with van der Waals surface area (Å²) in [4.78, 5) is 12.6. The van der Waals surface area contributed by atoms with Crippen LogP contribution in [0.25, 0.3) is 0 Å². The van der Waals surface area contributed by atoms with Gasteiger partial charge in [0, 0.05) is 24.3 Å². The third-order valence-corrected chi connectivity index (χ3v) is 7.42. The van der Waals surface area contributed by atoms with E-state index < -0.39 is 10.0 Å². The van der Waals surface area contributed by atoms with Gasteiger partial charge in [-0.15, -0.1) is 0 Å². The van der Waals surface area contributed by atoms with Crippen molar-refractivity contribution in [2.45, 2.75) is 17.7 Å². The highest BCUT2D eigenvalue weighted by molar-refractivity contribution is 14.1. The van der Waals surface area contributed by atoms with E-state index >= 15 is 0 Å². The number of thiocarbonyl (C=S) groups is 1. The summed E-state index contributed by atoms with van der Waals surface area (Å²) in [5.74, 6) is 0.336. The van der Waals surface area contributed by atoms with Crippen LogP contribution < -0.4 is 15.4 Å². The van der Waals surface area contributed by atoms with E-state index in [1.807, 2.05) is 0 Å². The van der Waals surface area contributed by atoms with Gasteiger partial charge in [0.25, 0.3) is 5.91 Å². The molecule has 1 aliphatic rings. The number of ether oxygens (including phenoxy) is 1. The lowest BCUT2D eigenvalue weighted by molar-refractivity contribution is 0.0977. The van der Waals surface area contributed by atoms with Gasteiger partial charge in [-0.3, -0.25) is 10.1 Å². The fourth-order valence-corrected chi connectivity index (χ4v) is 5.40.